The molecule has 3 aromatic carbocycles. The first-order valence-electron chi connectivity index (χ1n) is 10.6. The monoisotopic (exact) mass is 377 g/mol. The summed E-state index contributed by atoms with van der Waals surface area (Å²) >= 11 is 0. The molecule has 0 amide bonds. The summed E-state index contributed by atoms with van der Waals surface area (Å²) in [6.07, 6.45) is 6.03. The van der Waals surface area contributed by atoms with Crippen molar-refractivity contribution in [2.24, 2.45) is 0 Å². The van der Waals surface area contributed by atoms with E-state index in [1.54, 1.807) is 0 Å². The zero-order valence-electron chi connectivity index (χ0n) is 16.4. The van der Waals surface area contributed by atoms with Gasteiger partial charge in [0.1, 0.15) is 11.5 Å². The summed E-state index contributed by atoms with van der Waals surface area (Å²) in [7, 11) is 0. The Kier molecular flexibility index (Phi) is 3.70. The Morgan fingerprint density at radius 1 is 0.655 bits per heavy atom. The summed E-state index contributed by atoms with van der Waals surface area (Å²) < 4.78 is 2.34. The Hall–Kier alpha value is -3.20. The lowest BCUT2D eigenvalue weighted by Crippen LogP contribution is -2.34. The number of hydrogen-bond donors (Lipinski definition) is 0. The third-order valence-corrected chi connectivity index (χ3v) is 6.61. The lowest BCUT2D eigenvalue weighted by molar-refractivity contribution is 0.329. The van der Waals surface area contributed by atoms with Crippen LogP contribution in [0.5, 0.6) is 0 Å². The Morgan fingerprint density at radius 3 is 2.17 bits per heavy atom. The van der Waals surface area contributed by atoms with Crippen LogP contribution in [-0.4, -0.2) is 14.4 Å². The number of imidazole rings is 1. The van der Waals surface area contributed by atoms with E-state index in [9.17, 15) is 0 Å². The van der Waals surface area contributed by atoms with Crippen LogP contribution in [0.2, 0.25) is 0 Å². The van der Waals surface area contributed by atoms with Crippen molar-refractivity contribution in [1.82, 2.24) is 14.4 Å². The van der Waals surface area contributed by atoms with Gasteiger partial charge in [0.05, 0.1) is 22.0 Å². The molecule has 0 saturated heterocycles. The van der Waals surface area contributed by atoms with E-state index in [2.05, 4.69) is 83.3 Å². The first-order valence-corrected chi connectivity index (χ1v) is 10.6. The Bertz CT molecular complexity index is 1330. The maximum absolute atomic E-state index is 5.32. The first kappa shape index (κ1) is 16.7. The van der Waals surface area contributed by atoms with Gasteiger partial charge in [-0.3, -0.25) is 4.40 Å². The molecule has 1 fully saturated rings. The lowest BCUT2D eigenvalue weighted by atomic mass is 9.68. The maximum Gasteiger partial charge on any atom is 0.148 e. The van der Waals surface area contributed by atoms with Crippen LogP contribution in [0.25, 0.3) is 27.6 Å². The van der Waals surface area contributed by atoms with Crippen molar-refractivity contribution in [3.63, 3.8) is 0 Å². The zero-order valence-corrected chi connectivity index (χ0v) is 16.4. The molecule has 5 aromatic rings. The summed E-state index contributed by atoms with van der Waals surface area (Å²) in [4.78, 5) is 10.4. The van der Waals surface area contributed by atoms with Gasteiger partial charge in [0.2, 0.25) is 0 Å². The lowest BCUT2D eigenvalue weighted by Gasteiger charge is -2.38. The van der Waals surface area contributed by atoms with E-state index < -0.39 is 0 Å². The van der Waals surface area contributed by atoms with Crippen LogP contribution >= 0.6 is 0 Å². The van der Waals surface area contributed by atoms with Gasteiger partial charge in [-0.15, -0.1) is 0 Å². The van der Waals surface area contributed by atoms with Gasteiger partial charge >= 0.3 is 0 Å². The molecule has 3 nitrogen and oxygen atoms in total. The van der Waals surface area contributed by atoms with E-state index in [4.69, 9.17) is 9.97 Å². The molecule has 142 valence electrons. The fraction of sp³-hybridized carbons (Fsp3) is 0.231. The molecular formula is C26H23N3. The van der Waals surface area contributed by atoms with E-state index in [1.165, 1.54) is 24.8 Å². The second-order valence-electron chi connectivity index (χ2n) is 8.22. The highest BCUT2D eigenvalue weighted by Gasteiger charge is 2.39. The number of fused-ring (bicyclic) bond motifs is 5. The van der Waals surface area contributed by atoms with E-state index in [0.29, 0.717) is 0 Å². The second kappa shape index (κ2) is 6.41. The average Bonchev–Trinajstić information content (AvgIpc) is 3.19. The predicted octanol–water partition coefficient (Wildman–Crippen LogP) is 6.29. The first-order chi connectivity index (χ1) is 14.4. The highest BCUT2D eigenvalue weighted by Crippen LogP contribution is 2.45. The van der Waals surface area contributed by atoms with E-state index in [0.717, 1.165) is 46.2 Å². The quantitative estimate of drug-likeness (QED) is 0.362. The van der Waals surface area contributed by atoms with Gasteiger partial charge in [0, 0.05) is 5.39 Å². The summed E-state index contributed by atoms with van der Waals surface area (Å²) in [6, 6.07) is 27.9. The van der Waals surface area contributed by atoms with Crippen LogP contribution in [0.15, 0.2) is 78.9 Å². The smallest absolute Gasteiger partial charge is 0.148 e. The second-order valence-corrected chi connectivity index (χ2v) is 8.22. The number of rotatable bonds is 2. The van der Waals surface area contributed by atoms with Crippen molar-refractivity contribution in [1.29, 1.82) is 0 Å². The van der Waals surface area contributed by atoms with Crippen molar-refractivity contribution < 1.29 is 0 Å². The molecule has 1 saturated carbocycles. The Balaban J connectivity index is 1.79. The molecule has 3 heteroatoms. The topological polar surface area (TPSA) is 30.2 Å². The normalized spacial score (nSPS) is 16.6. The van der Waals surface area contributed by atoms with Crippen LogP contribution in [0.4, 0.5) is 0 Å². The Morgan fingerprint density at radius 2 is 1.34 bits per heavy atom. The van der Waals surface area contributed by atoms with Gasteiger partial charge in [0.15, 0.2) is 0 Å². The van der Waals surface area contributed by atoms with Gasteiger partial charge in [-0.25, -0.2) is 9.97 Å². The van der Waals surface area contributed by atoms with Gasteiger partial charge in [0.25, 0.3) is 0 Å². The average molecular weight is 377 g/mol. The number of hydrogen-bond acceptors (Lipinski definition) is 2. The summed E-state index contributed by atoms with van der Waals surface area (Å²) in [5.41, 5.74) is 5.54. The van der Waals surface area contributed by atoms with Crippen LogP contribution in [0.1, 0.15) is 43.5 Å². The molecule has 29 heavy (non-hydrogen) atoms. The third-order valence-electron chi connectivity index (χ3n) is 6.61. The van der Waals surface area contributed by atoms with Gasteiger partial charge in [-0.05, 0) is 42.7 Å². The number of para-hydroxylation sites is 3. The Labute approximate surface area is 170 Å². The third kappa shape index (κ3) is 2.43. The van der Waals surface area contributed by atoms with Gasteiger partial charge < -0.3 is 0 Å². The van der Waals surface area contributed by atoms with Crippen molar-refractivity contribution in [3.8, 4) is 0 Å². The number of aromatic nitrogens is 3. The molecule has 2 aromatic heterocycles. The van der Waals surface area contributed by atoms with E-state index >= 15 is 0 Å². The zero-order chi connectivity index (χ0) is 19.3. The fourth-order valence-electron chi connectivity index (χ4n) is 5.22. The molecule has 1 aliphatic rings. The summed E-state index contributed by atoms with van der Waals surface area (Å²) in [5.74, 6) is 1.14. The predicted molar refractivity (Wildman–Crippen MR) is 118 cm³/mol. The number of nitrogens with zero attached hydrogens (tertiary/aromatic N) is 3. The number of benzene rings is 3. The minimum Gasteiger partial charge on any atom is -0.279 e. The van der Waals surface area contributed by atoms with Gasteiger partial charge in [-0.1, -0.05) is 73.9 Å². The van der Waals surface area contributed by atoms with Crippen LogP contribution in [0, 0.1) is 0 Å². The molecule has 1 aliphatic carbocycles. The molecule has 0 radical (unpaired) electrons. The van der Waals surface area contributed by atoms with Gasteiger partial charge in [-0.2, -0.15) is 0 Å². The van der Waals surface area contributed by atoms with Crippen molar-refractivity contribution >= 4 is 27.6 Å². The highest BCUT2D eigenvalue weighted by molar-refractivity contribution is 5.96. The molecule has 0 bridgehead atoms. The standard InChI is InChI=1S/C26H23N3/c1-3-11-19(12-4-1)26(17-9-2-10-18-26)25-28-21-14-6-5-13-20(21)24-27-22-15-7-8-16-23(22)29(24)25/h1,3-8,11-16H,2,9-10,17-18H2. The molecule has 0 aliphatic heterocycles. The van der Waals surface area contributed by atoms with Crippen LogP contribution in [0.3, 0.4) is 0 Å². The maximum atomic E-state index is 5.32. The van der Waals surface area contributed by atoms with Crippen LogP contribution in [-0.2, 0) is 5.41 Å². The minimum absolute atomic E-state index is 0.0781. The molecule has 0 unspecified atom stereocenters. The molecule has 2 heterocycles. The highest BCUT2D eigenvalue weighted by atomic mass is 15.1. The largest absolute Gasteiger partial charge is 0.279 e. The summed E-state index contributed by atoms with van der Waals surface area (Å²) in [6.45, 7) is 0. The van der Waals surface area contributed by atoms with E-state index in [1.807, 2.05) is 0 Å². The molecular weight excluding hydrogens is 354 g/mol. The minimum atomic E-state index is -0.0781. The van der Waals surface area contributed by atoms with Crippen molar-refractivity contribution in [2.75, 3.05) is 0 Å². The molecule has 6 rings (SSSR count). The van der Waals surface area contributed by atoms with Crippen LogP contribution < -0.4 is 0 Å². The summed E-state index contributed by atoms with van der Waals surface area (Å²) in [5, 5.41) is 1.12. The molecule has 0 N–H and O–H groups in total. The molecule has 0 atom stereocenters. The fourth-order valence-corrected chi connectivity index (χ4v) is 5.22. The van der Waals surface area contributed by atoms with Crippen molar-refractivity contribution in [2.45, 2.75) is 37.5 Å². The van der Waals surface area contributed by atoms with Crippen molar-refractivity contribution in [3.05, 3.63) is 90.3 Å². The SMILES string of the molecule is c1ccc(C2(c3nc4ccccc4c4nc5ccccc5n34)CCCCC2)cc1. The molecule has 0 spiro atoms. The van der Waals surface area contributed by atoms with E-state index in [-0.39, 0.29) is 5.41 Å².